The van der Waals surface area contributed by atoms with Crippen molar-refractivity contribution in [2.45, 2.75) is 40.0 Å². The second-order valence-electron chi connectivity index (χ2n) is 5.02. The molecule has 2 atom stereocenters. The van der Waals surface area contributed by atoms with E-state index in [9.17, 15) is 0 Å². The van der Waals surface area contributed by atoms with Gasteiger partial charge in [-0.1, -0.05) is 19.9 Å². The molecule has 2 heteroatoms. The predicted octanol–water partition coefficient (Wildman–Crippen LogP) is 3.40. The van der Waals surface area contributed by atoms with E-state index in [4.69, 9.17) is 10.5 Å². The molecule has 2 N–H and O–H groups in total. The van der Waals surface area contributed by atoms with Crippen molar-refractivity contribution in [1.29, 1.82) is 0 Å². The Labute approximate surface area is 105 Å². The number of rotatable bonds is 5. The zero-order valence-electron chi connectivity index (χ0n) is 11.7. The second kappa shape index (κ2) is 6.06. The van der Waals surface area contributed by atoms with E-state index in [1.165, 1.54) is 16.7 Å². The standard InChI is InChI=1S/C15H25NO/c1-10(6-7-16)13(4)14-8-12(3)15(17-5)9-11(14)2/h8-10,13H,6-7,16H2,1-5H3. The molecule has 2 nitrogen and oxygen atoms in total. The van der Waals surface area contributed by atoms with Gasteiger partial charge in [0.2, 0.25) is 0 Å². The van der Waals surface area contributed by atoms with E-state index in [1.54, 1.807) is 7.11 Å². The molecule has 0 aromatic heterocycles. The summed E-state index contributed by atoms with van der Waals surface area (Å²) in [7, 11) is 1.72. The van der Waals surface area contributed by atoms with Crippen molar-refractivity contribution in [3.63, 3.8) is 0 Å². The van der Waals surface area contributed by atoms with Crippen molar-refractivity contribution in [3.05, 3.63) is 28.8 Å². The highest BCUT2D eigenvalue weighted by molar-refractivity contribution is 5.43. The fraction of sp³-hybridized carbons (Fsp3) is 0.600. The Balaban J connectivity index is 3.01. The van der Waals surface area contributed by atoms with E-state index in [0.29, 0.717) is 11.8 Å². The molecule has 0 bridgehead atoms. The zero-order valence-corrected chi connectivity index (χ0v) is 11.7. The van der Waals surface area contributed by atoms with Crippen molar-refractivity contribution in [2.24, 2.45) is 11.7 Å². The average molecular weight is 235 g/mol. The smallest absolute Gasteiger partial charge is 0.122 e. The topological polar surface area (TPSA) is 35.2 Å². The quantitative estimate of drug-likeness (QED) is 0.849. The lowest BCUT2D eigenvalue weighted by molar-refractivity contribution is 0.410. The molecular weight excluding hydrogens is 210 g/mol. The van der Waals surface area contributed by atoms with Crippen molar-refractivity contribution >= 4 is 0 Å². The molecule has 96 valence electrons. The van der Waals surface area contributed by atoms with Crippen LogP contribution in [0, 0.1) is 19.8 Å². The minimum absolute atomic E-state index is 0.545. The van der Waals surface area contributed by atoms with Gasteiger partial charge in [-0.2, -0.15) is 0 Å². The molecule has 1 aromatic carbocycles. The molecule has 17 heavy (non-hydrogen) atoms. The van der Waals surface area contributed by atoms with Gasteiger partial charge in [-0.3, -0.25) is 0 Å². The van der Waals surface area contributed by atoms with Gasteiger partial charge in [0.05, 0.1) is 7.11 Å². The summed E-state index contributed by atoms with van der Waals surface area (Å²) >= 11 is 0. The zero-order chi connectivity index (χ0) is 13.0. The Kier molecular flexibility index (Phi) is 5.01. The Morgan fingerprint density at radius 3 is 2.35 bits per heavy atom. The van der Waals surface area contributed by atoms with Crippen molar-refractivity contribution in [2.75, 3.05) is 13.7 Å². The van der Waals surface area contributed by atoms with Crippen LogP contribution in [0.4, 0.5) is 0 Å². The highest BCUT2D eigenvalue weighted by Crippen LogP contribution is 2.32. The lowest BCUT2D eigenvalue weighted by atomic mass is 9.84. The Bertz CT molecular complexity index is 373. The number of nitrogens with two attached hydrogens (primary N) is 1. The van der Waals surface area contributed by atoms with Gasteiger partial charge in [-0.15, -0.1) is 0 Å². The van der Waals surface area contributed by atoms with Crippen molar-refractivity contribution in [3.8, 4) is 5.75 Å². The number of methoxy groups -OCH3 is 1. The molecular formula is C15H25NO. The summed E-state index contributed by atoms with van der Waals surface area (Å²) in [6.07, 6.45) is 1.08. The lowest BCUT2D eigenvalue weighted by Gasteiger charge is -2.23. The van der Waals surface area contributed by atoms with Gasteiger partial charge in [0.1, 0.15) is 5.75 Å². The fourth-order valence-electron chi connectivity index (χ4n) is 2.34. The summed E-state index contributed by atoms with van der Waals surface area (Å²) < 4.78 is 5.35. The van der Waals surface area contributed by atoms with Crippen LogP contribution in [-0.4, -0.2) is 13.7 Å². The van der Waals surface area contributed by atoms with E-state index < -0.39 is 0 Å². The highest BCUT2D eigenvalue weighted by Gasteiger charge is 2.17. The largest absolute Gasteiger partial charge is 0.496 e. The Morgan fingerprint density at radius 1 is 1.18 bits per heavy atom. The maximum Gasteiger partial charge on any atom is 0.122 e. The third-order valence-corrected chi connectivity index (χ3v) is 3.75. The molecule has 0 aliphatic carbocycles. The van der Waals surface area contributed by atoms with Crippen molar-refractivity contribution < 1.29 is 4.74 Å². The van der Waals surface area contributed by atoms with E-state index in [1.807, 2.05) is 0 Å². The van der Waals surface area contributed by atoms with Crippen LogP contribution < -0.4 is 10.5 Å². The van der Waals surface area contributed by atoms with Crippen LogP contribution >= 0.6 is 0 Å². The van der Waals surface area contributed by atoms with Gasteiger partial charge in [0, 0.05) is 0 Å². The molecule has 1 rings (SSSR count). The monoisotopic (exact) mass is 235 g/mol. The van der Waals surface area contributed by atoms with Gasteiger partial charge in [0.25, 0.3) is 0 Å². The van der Waals surface area contributed by atoms with Gasteiger partial charge in [-0.05, 0) is 61.4 Å². The second-order valence-corrected chi connectivity index (χ2v) is 5.02. The first-order chi connectivity index (χ1) is 8.01. The first kappa shape index (κ1) is 14.0. The van der Waals surface area contributed by atoms with Gasteiger partial charge < -0.3 is 10.5 Å². The SMILES string of the molecule is COc1cc(C)c(C(C)C(C)CCN)cc1C. The molecule has 0 saturated carbocycles. The van der Waals surface area contributed by atoms with E-state index in [2.05, 4.69) is 39.8 Å². The molecule has 0 radical (unpaired) electrons. The minimum Gasteiger partial charge on any atom is -0.496 e. The predicted molar refractivity (Wildman–Crippen MR) is 73.7 cm³/mol. The number of aryl methyl sites for hydroxylation is 2. The number of ether oxygens (including phenoxy) is 1. The summed E-state index contributed by atoms with van der Waals surface area (Å²) in [6.45, 7) is 9.58. The average Bonchev–Trinajstić information content (AvgIpc) is 2.31. The summed E-state index contributed by atoms with van der Waals surface area (Å²) in [5.41, 5.74) is 9.58. The van der Waals surface area contributed by atoms with Crippen LogP contribution in [0.5, 0.6) is 5.75 Å². The third-order valence-electron chi connectivity index (χ3n) is 3.75. The normalized spacial score (nSPS) is 14.5. The molecule has 0 fully saturated rings. The van der Waals surface area contributed by atoms with E-state index in [-0.39, 0.29) is 0 Å². The van der Waals surface area contributed by atoms with Crippen LogP contribution in [-0.2, 0) is 0 Å². The van der Waals surface area contributed by atoms with Crippen LogP contribution in [0.1, 0.15) is 42.9 Å². The van der Waals surface area contributed by atoms with Crippen LogP contribution in [0.25, 0.3) is 0 Å². The molecule has 0 aliphatic rings. The summed E-state index contributed by atoms with van der Waals surface area (Å²) in [5.74, 6) is 2.14. The molecule has 2 unspecified atom stereocenters. The molecule has 0 saturated heterocycles. The molecule has 0 aliphatic heterocycles. The molecule has 0 heterocycles. The van der Waals surface area contributed by atoms with Crippen molar-refractivity contribution in [1.82, 2.24) is 0 Å². The minimum atomic E-state index is 0.545. The van der Waals surface area contributed by atoms with E-state index in [0.717, 1.165) is 18.7 Å². The molecule has 0 amide bonds. The van der Waals surface area contributed by atoms with Crippen LogP contribution in [0.2, 0.25) is 0 Å². The fourth-order valence-corrected chi connectivity index (χ4v) is 2.34. The highest BCUT2D eigenvalue weighted by atomic mass is 16.5. The van der Waals surface area contributed by atoms with Gasteiger partial charge in [-0.25, -0.2) is 0 Å². The number of hydrogen-bond acceptors (Lipinski definition) is 2. The Hall–Kier alpha value is -1.02. The molecule has 0 spiro atoms. The van der Waals surface area contributed by atoms with E-state index >= 15 is 0 Å². The van der Waals surface area contributed by atoms with Gasteiger partial charge in [0.15, 0.2) is 0 Å². The van der Waals surface area contributed by atoms with Gasteiger partial charge >= 0.3 is 0 Å². The Morgan fingerprint density at radius 2 is 1.82 bits per heavy atom. The molecule has 1 aromatic rings. The maximum atomic E-state index is 5.64. The summed E-state index contributed by atoms with van der Waals surface area (Å²) in [6, 6.07) is 4.39. The first-order valence-electron chi connectivity index (χ1n) is 6.36. The van der Waals surface area contributed by atoms with Crippen LogP contribution in [0.3, 0.4) is 0 Å². The van der Waals surface area contributed by atoms with Crippen LogP contribution in [0.15, 0.2) is 12.1 Å². The number of hydrogen-bond donors (Lipinski definition) is 1. The third kappa shape index (κ3) is 3.22. The summed E-state index contributed by atoms with van der Waals surface area (Å²) in [5, 5.41) is 0. The summed E-state index contributed by atoms with van der Waals surface area (Å²) in [4.78, 5) is 0. The lowest BCUT2D eigenvalue weighted by Crippen LogP contribution is -2.13. The maximum absolute atomic E-state index is 5.64. The number of benzene rings is 1. The first-order valence-corrected chi connectivity index (χ1v) is 6.36.